The second-order valence-corrected chi connectivity index (χ2v) is 8.26. The van der Waals surface area contributed by atoms with E-state index in [1.54, 1.807) is 26.0 Å². The fraction of sp³-hybridized carbons (Fsp3) is 0.320. The number of carbonyl (C=O) groups excluding carboxylic acids is 1. The van der Waals surface area contributed by atoms with Gasteiger partial charge in [-0.2, -0.15) is 10.1 Å². The summed E-state index contributed by atoms with van der Waals surface area (Å²) in [5.41, 5.74) is 4.71. The predicted octanol–water partition coefficient (Wildman–Crippen LogP) is 4.03. The number of fused-ring (bicyclic) bond motifs is 1. The van der Waals surface area contributed by atoms with E-state index < -0.39 is 6.04 Å². The Morgan fingerprint density at radius 3 is 2.48 bits per heavy atom. The first-order chi connectivity index (χ1) is 16.1. The summed E-state index contributed by atoms with van der Waals surface area (Å²) >= 11 is 0. The molecule has 170 valence electrons. The molecule has 0 saturated heterocycles. The Morgan fingerprint density at radius 1 is 0.970 bits per heavy atom. The minimum absolute atomic E-state index is 0.0833. The summed E-state index contributed by atoms with van der Waals surface area (Å²) in [6.07, 6.45) is 2.64. The van der Waals surface area contributed by atoms with Gasteiger partial charge in [-0.1, -0.05) is 24.3 Å². The van der Waals surface area contributed by atoms with Gasteiger partial charge in [-0.05, 0) is 42.5 Å². The normalized spacial score (nSPS) is 19.5. The number of nitrogens with one attached hydrogen (secondary N) is 1. The van der Waals surface area contributed by atoms with Crippen molar-refractivity contribution in [1.29, 1.82) is 0 Å². The Balaban J connectivity index is 1.66. The molecule has 0 unspecified atom stereocenters. The molecular formula is C25H26N4O4. The number of benzene rings is 2. The number of methoxy groups -OCH3 is 3. The van der Waals surface area contributed by atoms with Crippen molar-refractivity contribution in [2.24, 2.45) is 0 Å². The number of hydrogen-bond acceptors (Lipinski definition) is 7. The zero-order valence-electron chi connectivity index (χ0n) is 19.1. The van der Waals surface area contributed by atoms with E-state index in [4.69, 9.17) is 14.2 Å². The van der Waals surface area contributed by atoms with Crippen molar-refractivity contribution in [2.75, 3.05) is 26.6 Å². The second kappa shape index (κ2) is 8.27. The summed E-state index contributed by atoms with van der Waals surface area (Å²) in [6, 6.07) is 11.5. The SMILES string of the molecule is COc1ccc([C@@H]2C3=C(C[C@H](c4ccccc4C)CC3=O)Nc3ncnn32)c(OC)c1OC. The molecule has 2 atom stereocenters. The molecule has 3 aromatic rings. The van der Waals surface area contributed by atoms with E-state index in [0.29, 0.717) is 41.6 Å². The highest BCUT2D eigenvalue weighted by atomic mass is 16.5. The minimum Gasteiger partial charge on any atom is -0.493 e. The average molecular weight is 447 g/mol. The minimum atomic E-state index is -0.487. The number of Topliss-reactive ketones (excluding diaryl/α,β-unsaturated/α-hetero) is 1. The fourth-order valence-corrected chi connectivity index (χ4v) is 5.04. The van der Waals surface area contributed by atoms with Crippen LogP contribution in [0.3, 0.4) is 0 Å². The molecule has 0 amide bonds. The largest absolute Gasteiger partial charge is 0.493 e. The molecule has 2 aliphatic rings. The molecule has 33 heavy (non-hydrogen) atoms. The van der Waals surface area contributed by atoms with Gasteiger partial charge in [0.2, 0.25) is 11.7 Å². The van der Waals surface area contributed by atoms with Gasteiger partial charge in [0.1, 0.15) is 12.4 Å². The Bertz CT molecular complexity index is 1260. The Hall–Kier alpha value is -3.81. The molecule has 0 fully saturated rings. The second-order valence-electron chi connectivity index (χ2n) is 8.26. The van der Waals surface area contributed by atoms with Gasteiger partial charge in [-0.15, -0.1) is 0 Å². The van der Waals surface area contributed by atoms with Crippen LogP contribution in [0.25, 0.3) is 0 Å². The molecule has 1 aliphatic carbocycles. The van der Waals surface area contributed by atoms with E-state index in [9.17, 15) is 4.79 Å². The number of anilines is 1. The highest BCUT2D eigenvalue weighted by molar-refractivity contribution is 6.00. The zero-order chi connectivity index (χ0) is 23.1. The lowest BCUT2D eigenvalue weighted by Gasteiger charge is -2.36. The predicted molar refractivity (Wildman–Crippen MR) is 123 cm³/mol. The first-order valence-corrected chi connectivity index (χ1v) is 10.8. The molecule has 8 nitrogen and oxygen atoms in total. The summed E-state index contributed by atoms with van der Waals surface area (Å²) < 4.78 is 18.5. The van der Waals surface area contributed by atoms with E-state index in [1.807, 2.05) is 24.3 Å². The number of carbonyl (C=O) groups is 1. The van der Waals surface area contributed by atoms with Gasteiger partial charge < -0.3 is 19.5 Å². The molecule has 2 aromatic carbocycles. The molecular weight excluding hydrogens is 420 g/mol. The van der Waals surface area contributed by atoms with Crippen LogP contribution in [0.15, 0.2) is 54.0 Å². The number of ether oxygens (including phenoxy) is 3. The van der Waals surface area contributed by atoms with E-state index >= 15 is 0 Å². The van der Waals surface area contributed by atoms with Gasteiger partial charge >= 0.3 is 0 Å². The molecule has 1 aromatic heterocycles. The third-order valence-electron chi connectivity index (χ3n) is 6.52. The van der Waals surface area contributed by atoms with Crippen molar-refractivity contribution < 1.29 is 19.0 Å². The van der Waals surface area contributed by atoms with Crippen LogP contribution >= 0.6 is 0 Å². The molecule has 0 saturated carbocycles. The smallest absolute Gasteiger partial charge is 0.226 e. The van der Waals surface area contributed by atoms with Crippen LogP contribution in [0.1, 0.15) is 41.5 Å². The van der Waals surface area contributed by atoms with E-state index in [1.165, 1.54) is 17.5 Å². The molecule has 1 N–H and O–H groups in total. The highest BCUT2D eigenvalue weighted by Gasteiger charge is 2.41. The monoisotopic (exact) mass is 446 g/mol. The summed E-state index contributed by atoms with van der Waals surface area (Å²) in [5.74, 6) is 2.31. The maximum Gasteiger partial charge on any atom is 0.226 e. The lowest BCUT2D eigenvalue weighted by molar-refractivity contribution is -0.116. The van der Waals surface area contributed by atoms with Gasteiger partial charge in [0, 0.05) is 23.3 Å². The fourth-order valence-electron chi connectivity index (χ4n) is 5.04. The number of rotatable bonds is 5. The van der Waals surface area contributed by atoms with Crippen LogP contribution in [0, 0.1) is 6.92 Å². The van der Waals surface area contributed by atoms with Crippen molar-refractivity contribution in [3.8, 4) is 17.2 Å². The van der Waals surface area contributed by atoms with Crippen molar-refractivity contribution in [3.05, 3.63) is 70.7 Å². The maximum absolute atomic E-state index is 13.7. The third-order valence-corrected chi connectivity index (χ3v) is 6.52. The van der Waals surface area contributed by atoms with Crippen LogP contribution < -0.4 is 19.5 Å². The van der Waals surface area contributed by atoms with Crippen LogP contribution in [-0.4, -0.2) is 41.9 Å². The highest BCUT2D eigenvalue weighted by Crippen LogP contribution is 2.49. The molecule has 0 spiro atoms. The van der Waals surface area contributed by atoms with Crippen LogP contribution in [0.4, 0.5) is 5.95 Å². The molecule has 1 aliphatic heterocycles. The van der Waals surface area contributed by atoms with Gasteiger partial charge in [0.05, 0.1) is 21.3 Å². The van der Waals surface area contributed by atoms with Crippen LogP contribution in [-0.2, 0) is 4.79 Å². The first kappa shape index (κ1) is 21.1. The Labute approximate surface area is 192 Å². The van der Waals surface area contributed by atoms with Gasteiger partial charge in [0.25, 0.3) is 0 Å². The standard InChI is InChI=1S/C25H26N4O4/c1-14-7-5-6-8-16(14)15-11-18-21(19(30)12-15)22(29-25(28-18)26-13-27-29)17-9-10-20(31-2)24(33-4)23(17)32-3/h5-10,13,15,22H,11-12H2,1-4H3,(H,26,27,28)/t15-,22+/m0/s1. The Kier molecular flexibility index (Phi) is 5.28. The summed E-state index contributed by atoms with van der Waals surface area (Å²) in [7, 11) is 4.72. The third kappa shape index (κ3) is 3.33. The van der Waals surface area contributed by atoms with Gasteiger partial charge in [-0.25, -0.2) is 4.68 Å². The van der Waals surface area contributed by atoms with Gasteiger partial charge in [0.15, 0.2) is 17.3 Å². The van der Waals surface area contributed by atoms with Crippen molar-refractivity contribution >= 4 is 11.7 Å². The number of aromatic nitrogens is 3. The molecule has 5 rings (SSSR count). The average Bonchev–Trinajstić information content (AvgIpc) is 3.30. The molecule has 2 heterocycles. The number of aryl methyl sites for hydroxylation is 1. The number of ketones is 1. The number of hydrogen-bond donors (Lipinski definition) is 1. The van der Waals surface area contributed by atoms with Crippen LogP contribution in [0.2, 0.25) is 0 Å². The van der Waals surface area contributed by atoms with Gasteiger partial charge in [-0.3, -0.25) is 4.79 Å². The first-order valence-electron chi connectivity index (χ1n) is 10.8. The van der Waals surface area contributed by atoms with E-state index in [2.05, 4.69) is 34.5 Å². The number of allylic oxidation sites excluding steroid dienone is 2. The lowest BCUT2D eigenvalue weighted by Crippen LogP contribution is -2.34. The van der Waals surface area contributed by atoms with Crippen molar-refractivity contribution in [1.82, 2.24) is 14.8 Å². The van der Waals surface area contributed by atoms with Crippen LogP contribution in [0.5, 0.6) is 17.2 Å². The van der Waals surface area contributed by atoms with E-state index in [-0.39, 0.29) is 11.7 Å². The summed E-state index contributed by atoms with van der Waals surface area (Å²) in [5, 5.41) is 7.80. The van der Waals surface area contributed by atoms with Crippen molar-refractivity contribution in [3.63, 3.8) is 0 Å². The quantitative estimate of drug-likeness (QED) is 0.633. The molecule has 8 heteroatoms. The van der Waals surface area contributed by atoms with Crippen molar-refractivity contribution in [2.45, 2.75) is 31.7 Å². The Morgan fingerprint density at radius 2 is 1.76 bits per heavy atom. The topological polar surface area (TPSA) is 87.5 Å². The summed E-state index contributed by atoms with van der Waals surface area (Å²) in [6.45, 7) is 2.09. The molecule has 0 bridgehead atoms. The maximum atomic E-state index is 13.7. The zero-order valence-corrected chi connectivity index (χ0v) is 19.1. The molecule has 0 radical (unpaired) electrons. The summed E-state index contributed by atoms with van der Waals surface area (Å²) in [4.78, 5) is 18.1. The lowest BCUT2D eigenvalue weighted by atomic mass is 9.77. The number of nitrogens with zero attached hydrogens (tertiary/aromatic N) is 3. The van der Waals surface area contributed by atoms with E-state index in [0.717, 1.165) is 11.3 Å².